The van der Waals surface area contributed by atoms with E-state index in [2.05, 4.69) is 0 Å². The molecule has 0 heterocycles. The summed E-state index contributed by atoms with van der Waals surface area (Å²) >= 11 is 0. The molecule has 0 unspecified atom stereocenters. The van der Waals surface area contributed by atoms with Crippen molar-refractivity contribution in [1.82, 2.24) is 0 Å². The van der Waals surface area contributed by atoms with Crippen LogP contribution in [0.4, 0.5) is 13.2 Å². The molecule has 0 bridgehead atoms. The highest BCUT2D eigenvalue weighted by Crippen LogP contribution is 2.20. The average Bonchev–Trinajstić information content (AvgIpc) is 1.83. The molecule has 0 aromatic heterocycles. The molecule has 0 aliphatic rings. The van der Waals surface area contributed by atoms with Crippen molar-refractivity contribution in [3.05, 3.63) is 11.8 Å². The van der Waals surface area contributed by atoms with Gasteiger partial charge in [-0.05, 0) is 6.92 Å². The van der Waals surface area contributed by atoms with Crippen molar-refractivity contribution in [1.29, 1.82) is 5.41 Å². The van der Waals surface area contributed by atoms with Crippen molar-refractivity contribution in [2.24, 2.45) is 0 Å². The molecule has 0 aromatic rings. The molecule has 0 aliphatic heterocycles. The molecule has 5 heteroatoms. The molecule has 0 amide bonds. The Kier molecular flexibility index (Phi) is 2.45. The van der Waals surface area contributed by atoms with Crippen LogP contribution in [0.5, 0.6) is 0 Å². The van der Waals surface area contributed by atoms with Gasteiger partial charge in [-0.2, -0.15) is 13.2 Å². The van der Waals surface area contributed by atoms with Gasteiger partial charge in [0.25, 0.3) is 0 Å². The van der Waals surface area contributed by atoms with E-state index < -0.39 is 17.5 Å². The van der Waals surface area contributed by atoms with Crippen LogP contribution in [0, 0.1) is 5.41 Å². The quantitative estimate of drug-likeness (QED) is 0.439. The molecule has 58 valence electrons. The van der Waals surface area contributed by atoms with Gasteiger partial charge in [-0.3, -0.25) is 5.41 Å². The van der Waals surface area contributed by atoms with Crippen molar-refractivity contribution >= 4 is 5.71 Å². The van der Waals surface area contributed by atoms with Crippen LogP contribution in [-0.2, 0) is 0 Å². The maximum absolute atomic E-state index is 11.5. The first kappa shape index (κ1) is 9.00. The monoisotopic (exact) mass is 153 g/mol. The smallest absolute Gasteiger partial charge is 0.433 e. The minimum absolute atomic E-state index is 0.260. The molecule has 0 aliphatic carbocycles. The highest BCUT2D eigenvalue weighted by atomic mass is 19.4. The number of hydrogen-bond acceptors (Lipinski definition) is 2. The maximum atomic E-state index is 11.5. The zero-order valence-electron chi connectivity index (χ0n) is 5.16. The molecule has 2 N–H and O–H groups in total. The van der Waals surface area contributed by atoms with Crippen LogP contribution in [0.15, 0.2) is 11.8 Å². The number of halogens is 3. The van der Waals surface area contributed by atoms with Crippen molar-refractivity contribution in [3.63, 3.8) is 0 Å². The summed E-state index contributed by atoms with van der Waals surface area (Å²) in [5, 5.41) is 14.5. The predicted octanol–water partition coefficient (Wildman–Crippen LogP) is 2.03. The van der Waals surface area contributed by atoms with E-state index in [1.807, 2.05) is 0 Å². The molecular formula is C5H6F3NO. The SMILES string of the molecule is C/C(=C/O)C(=N)C(F)(F)F. The van der Waals surface area contributed by atoms with Gasteiger partial charge in [0.15, 0.2) is 0 Å². The fraction of sp³-hybridized carbons (Fsp3) is 0.400. The number of aliphatic hydroxyl groups is 1. The summed E-state index contributed by atoms with van der Waals surface area (Å²) in [7, 11) is 0. The Hall–Kier alpha value is -1.00. The summed E-state index contributed by atoms with van der Waals surface area (Å²) in [6.45, 7) is 1.01. The van der Waals surface area contributed by atoms with Crippen molar-refractivity contribution in [2.45, 2.75) is 13.1 Å². The molecular weight excluding hydrogens is 147 g/mol. The normalized spacial score (nSPS) is 13.4. The van der Waals surface area contributed by atoms with Crippen LogP contribution in [0.2, 0.25) is 0 Å². The number of hydrogen-bond donors (Lipinski definition) is 2. The Morgan fingerprint density at radius 1 is 1.50 bits per heavy atom. The molecule has 0 saturated heterocycles. The topological polar surface area (TPSA) is 44.1 Å². The Morgan fingerprint density at radius 3 is 2.00 bits per heavy atom. The van der Waals surface area contributed by atoms with Gasteiger partial charge in [0.05, 0.1) is 6.26 Å². The molecule has 0 spiro atoms. The minimum Gasteiger partial charge on any atom is -0.515 e. The molecule has 0 radical (unpaired) electrons. The van der Waals surface area contributed by atoms with E-state index in [1.54, 1.807) is 0 Å². The van der Waals surface area contributed by atoms with Gasteiger partial charge in [-0.15, -0.1) is 0 Å². The second kappa shape index (κ2) is 2.72. The molecule has 0 rings (SSSR count). The predicted molar refractivity (Wildman–Crippen MR) is 30.2 cm³/mol. The molecule has 0 fully saturated rings. The summed E-state index contributed by atoms with van der Waals surface area (Å²) < 4.78 is 34.5. The summed E-state index contributed by atoms with van der Waals surface area (Å²) in [4.78, 5) is 0. The lowest BCUT2D eigenvalue weighted by atomic mass is 10.2. The van der Waals surface area contributed by atoms with Crippen molar-refractivity contribution < 1.29 is 18.3 Å². The van der Waals surface area contributed by atoms with E-state index in [0.717, 1.165) is 6.92 Å². The van der Waals surface area contributed by atoms with E-state index in [-0.39, 0.29) is 6.26 Å². The van der Waals surface area contributed by atoms with Gasteiger partial charge in [-0.25, -0.2) is 0 Å². The summed E-state index contributed by atoms with van der Waals surface area (Å²) in [5.41, 5.74) is -2.01. The Balaban J connectivity index is 4.39. The van der Waals surface area contributed by atoms with Gasteiger partial charge < -0.3 is 5.11 Å². The van der Waals surface area contributed by atoms with E-state index in [9.17, 15) is 13.2 Å². The van der Waals surface area contributed by atoms with Crippen LogP contribution in [-0.4, -0.2) is 17.0 Å². The van der Waals surface area contributed by atoms with Gasteiger partial charge >= 0.3 is 6.18 Å². The van der Waals surface area contributed by atoms with Gasteiger partial charge in [0.2, 0.25) is 0 Å². The number of nitrogens with one attached hydrogen (secondary N) is 1. The highest BCUT2D eigenvalue weighted by Gasteiger charge is 2.35. The number of aliphatic hydroxyl groups excluding tert-OH is 1. The third-order valence-corrected chi connectivity index (χ3v) is 0.871. The summed E-state index contributed by atoms with van der Waals surface area (Å²) in [5.74, 6) is 0. The number of allylic oxidation sites excluding steroid dienone is 1. The lowest BCUT2D eigenvalue weighted by Gasteiger charge is -2.05. The van der Waals surface area contributed by atoms with Crippen LogP contribution in [0.3, 0.4) is 0 Å². The Labute approximate surface area is 55.5 Å². The minimum atomic E-state index is -4.66. The second-order valence-electron chi connectivity index (χ2n) is 1.68. The largest absolute Gasteiger partial charge is 0.515 e. The van der Waals surface area contributed by atoms with E-state index in [0.29, 0.717) is 0 Å². The van der Waals surface area contributed by atoms with Crippen LogP contribution >= 0.6 is 0 Å². The van der Waals surface area contributed by atoms with E-state index in [4.69, 9.17) is 10.5 Å². The second-order valence-corrected chi connectivity index (χ2v) is 1.68. The van der Waals surface area contributed by atoms with Gasteiger partial charge in [0.1, 0.15) is 5.71 Å². The van der Waals surface area contributed by atoms with E-state index in [1.165, 1.54) is 0 Å². The molecule has 2 nitrogen and oxygen atoms in total. The zero-order chi connectivity index (χ0) is 8.36. The molecule has 0 aromatic carbocycles. The van der Waals surface area contributed by atoms with Crippen LogP contribution in [0.1, 0.15) is 6.92 Å². The van der Waals surface area contributed by atoms with Crippen LogP contribution < -0.4 is 0 Å². The fourth-order valence-electron chi connectivity index (χ4n) is 0.288. The number of alkyl halides is 3. The van der Waals surface area contributed by atoms with Crippen molar-refractivity contribution in [3.8, 4) is 0 Å². The molecule has 0 saturated carbocycles. The summed E-state index contributed by atoms with van der Waals surface area (Å²) in [6.07, 6.45) is -4.40. The molecule has 0 atom stereocenters. The third-order valence-electron chi connectivity index (χ3n) is 0.871. The lowest BCUT2D eigenvalue weighted by molar-refractivity contribution is -0.0590. The lowest BCUT2D eigenvalue weighted by Crippen LogP contribution is -2.22. The zero-order valence-corrected chi connectivity index (χ0v) is 5.16. The Morgan fingerprint density at radius 2 is 1.90 bits per heavy atom. The summed E-state index contributed by atoms with van der Waals surface area (Å²) in [6, 6.07) is 0. The van der Waals surface area contributed by atoms with Crippen molar-refractivity contribution in [2.75, 3.05) is 0 Å². The third kappa shape index (κ3) is 2.08. The first-order valence-electron chi connectivity index (χ1n) is 2.36. The highest BCUT2D eigenvalue weighted by molar-refractivity contribution is 6.01. The molecule has 10 heavy (non-hydrogen) atoms. The average molecular weight is 153 g/mol. The first-order valence-corrected chi connectivity index (χ1v) is 2.36. The van der Waals surface area contributed by atoms with Gasteiger partial charge in [-0.1, -0.05) is 0 Å². The fourth-order valence-corrected chi connectivity index (χ4v) is 0.288. The Bertz CT molecular complexity index is 170. The van der Waals surface area contributed by atoms with Gasteiger partial charge in [0, 0.05) is 5.57 Å². The number of rotatable bonds is 1. The standard InChI is InChI=1S/C5H6F3NO/c1-3(2-10)4(9)5(6,7)8/h2,9-10H,1H3/b3-2-,9-4?. The first-order chi connectivity index (χ1) is 4.39. The maximum Gasteiger partial charge on any atom is 0.433 e. The van der Waals surface area contributed by atoms with Crippen LogP contribution in [0.25, 0.3) is 0 Å². The van der Waals surface area contributed by atoms with E-state index >= 15 is 0 Å².